The maximum atomic E-state index is 14.0. The second-order valence-corrected chi connectivity index (χ2v) is 5.49. The molecule has 1 rings (SSSR count). The number of rotatable bonds is 3. The summed E-state index contributed by atoms with van der Waals surface area (Å²) in [6.07, 6.45) is 2.09. The molecule has 1 amide bonds. The molecule has 0 radical (unpaired) electrons. The number of Topliss-reactive ketones (excluding diaryl/α,β-unsaturated/α-hetero) is 1. The van der Waals surface area contributed by atoms with Crippen molar-refractivity contribution in [3.05, 3.63) is 0 Å². The number of hydrogen-bond donors (Lipinski definition) is 1. The van der Waals surface area contributed by atoms with Gasteiger partial charge in [0.1, 0.15) is 0 Å². The summed E-state index contributed by atoms with van der Waals surface area (Å²) in [4.78, 5) is 23.7. The third-order valence-corrected chi connectivity index (χ3v) is 3.90. The van der Waals surface area contributed by atoms with E-state index >= 15 is 0 Å². The van der Waals surface area contributed by atoms with Crippen LogP contribution in [0.1, 0.15) is 26.2 Å². The van der Waals surface area contributed by atoms with Gasteiger partial charge in [-0.3, -0.25) is 14.1 Å². The van der Waals surface area contributed by atoms with Gasteiger partial charge in [0.15, 0.2) is 5.78 Å². The lowest BCUT2D eigenvalue weighted by molar-refractivity contribution is -0.145. The number of halogens is 1. The molecule has 0 aromatic carbocycles. The largest absolute Gasteiger partial charge is 0.368 e. The minimum absolute atomic E-state index is 0.188. The third kappa shape index (κ3) is 2.47. The molecule has 0 saturated carbocycles. The van der Waals surface area contributed by atoms with Crippen LogP contribution in [0.5, 0.6) is 0 Å². The first-order valence-electron chi connectivity index (χ1n) is 5.17. The highest BCUT2D eigenvalue weighted by Crippen LogP contribution is 2.25. The number of piperidine rings is 1. The van der Waals surface area contributed by atoms with Crippen LogP contribution in [-0.4, -0.2) is 47.7 Å². The molecule has 1 N–H and O–H groups in total. The van der Waals surface area contributed by atoms with E-state index in [4.69, 9.17) is 4.55 Å². The van der Waals surface area contributed by atoms with Crippen LogP contribution in [0.15, 0.2) is 0 Å². The molecule has 98 valence electrons. The zero-order valence-corrected chi connectivity index (χ0v) is 10.2. The molecule has 17 heavy (non-hydrogen) atoms. The predicted molar refractivity (Wildman–Crippen MR) is 56.5 cm³/mol. The van der Waals surface area contributed by atoms with Crippen LogP contribution in [0, 0.1) is 0 Å². The van der Waals surface area contributed by atoms with Crippen molar-refractivity contribution in [3.63, 3.8) is 0 Å². The number of carbonyl (C=O) groups excluding carboxylic acids is 2. The first-order valence-corrected chi connectivity index (χ1v) is 6.61. The highest BCUT2D eigenvalue weighted by molar-refractivity contribution is 7.88. The summed E-state index contributed by atoms with van der Waals surface area (Å²) in [5.41, 5.74) is 0. The summed E-state index contributed by atoms with van der Waals surface area (Å²) in [7, 11) is -5.42. The van der Waals surface area contributed by atoms with Crippen molar-refractivity contribution in [1.29, 1.82) is 0 Å². The molecular formula is C9H14FNO5S. The van der Waals surface area contributed by atoms with Gasteiger partial charge in [0.2, 0.25) is 0 Å². The average molecular weight is 267 g/mol. The van der Waals surface area contributed by atoms with Gasteiger partial charge in [0.25, 0.3) is 5.91 Å². The normalized spacial score (nSPS) is 20.8. The van der Waals surface area contributed by atoms with Gasteiger partial charge >= 0.3 is 15.1 Å². The Balaban J connectivity index is 3.08. The van der Waals surface area contributed by atoms with E-state index < -0.39 is 26.8 Å². The summed E-state index contributed by atoms with van der Waals surface area (Å²) in [5, 5.41) is -3.87. The Morgan fingerprint density at radius 1 is 1.24 bits per heavy atom. The highest BCUT2D eigenvalue weighted by atomic mass is 32.2. The highest BCUT2D eigenvalue weighted by Gasteiger charge is 2.57. The Kier molecular flexibility index (Phi) is 3.88. The van der Waals surface area contributed by atoms with Gasteiger partial charge in [-0.25, -0.2) is 4.39 Å². The van der Waals surface area contributed by atoms with E-state index in [2.05, 4.69) is 0 Å². The van der Waals surface area contributed by atoms with E-state index in [1.54, 1.807) is 0 Å². The van der Waals surface area contributed by atoms with E-state index in [-0.39, 0.29) is 13.1 Å². The smallest absolute Gasteiger partial charge is 0.338 e. The van der Waals surface area contributed by atoms with Crippen LogP contribution in [-0.2, 0) is 19.7 Å². The van der Waals surface area contributed by atoms with Gasteiger partial charge in [0.05, 0.1) is 0 Å². The summed E-state index contributed by atoms with van der Waals surface area (Å²) >= 11 is 0. The molecule has 1 saturated heterocycles. The fourth-order valence-electron chi connectivity index (χ4n) is 1.74. The number of alkyl halides is 1. The van der Waals surface area contributed by atoms with Gasteiger partial charge in [0, 0.05) is 13.1 Å². The molecular weight excluding hydrogens is 253 g/mol. The van der Waals surface area contributed by atoms with E-state index in [0.29, 0.717) is 19.8 Å². The van der Waals surface area contributed by atoms with Crippen molar-refractivity contribution in [2.24, 2.45) is 0 Å². The molecule has 1 aliphatic rings. The molecule has 6 nitrogen and oxygen atoms in total. The molecule has 0 aromatic rings. The molecule has 8 heteroatoms. The molecule has 1 atom stereocenters. The monoisotopic (exact) mass is 267 g/mol. The zero-order chi connectivity index (χ0) is 13.3. The topological polar surface area (TPSA) is 91.8 Å². The first kappa shape index (κ1) is 14.0. The van der Waals surface area contributed by atoms with Crippen molar-refractivity contribution in [2.45, 2.75) is 31.2 Å². The molecule has 1 unspecified atom stereocenters. The predicted octanol–water partition coefficient (Wildman–Crippen LogP) is 0.142. The second-order valence-electron chi connectivity index (χ2n) is 3.98. The molecule has 0 spiro atoms. The summed E-state index contributed by atoms with van der Waals surface area (Å²) < 4.78 is 44.5. The van der Waals surface area contributed by atoms with Gasteiger partial charge in [-0.2, -0.15) is 8.42 Å². The second kappa shape index (κ2) is 4.69. The van der Waals surface area contributed by atoms with E-state index in [1.165, 1.54) is 0 Å². The van der Waals surface area contributed by atoms with Crippen LogP contribution in [0.25, 0.3) is 0 Å². The van der Waals surface area contributed by atoms with Crippen molar-refractivity contribution in [1.82, 2.24) is 4.90 Å². The molecule has 1 heterocycles. The molecule has 1 fully saturated rings. The molecule has 0 aliphatic carbocycles. The fourth-order valence-corrected chi connectivity index (χ4v) is 2.46. The lowest BCUT2D eigenvalue weighted by Crippen LogP contribution is -2.56. The number of nitrogens with zero attached hydrogens (tertiary/aromatic N) is 1. The number of carbonyl (C=O) groups is 2. The number of ketones is 1. The van der Waals surface area contributed by atoms with Gasteiger partial charge < -0.3 is 4.90 Å². The number of amides is 1. The Bertz CT molecular complexity index is 429. The number of likely N-dealkylation sites (tertiary alicyclic amines) is 1. The van der Waals surface area contributed by atoms with Crippen LogP contribution in [0.2, 0.25) is 0 Å². The van der Waals surface area contributed by atoms with Crippen molar-refractivity contribution < 1.29 is 27.0 Å². The van der Waals surface area contributed by atoms with Gasteiger partial charge in [-0.05, 0) is 26.2 Å². The van der Waals surface area contributed by atoms with Crippen LogP contribution in [0.3, 0.4) is 0 Å². The summed E-state index contributed by atoms with van der Waals surface area (Å²) in [5.74, 6) is -3.03. The Hall–Kier alpha value is -1.02. The van der Waals surface area contributed by atoms with Crippen molar-refractivity contribution in [3.8, 4) is 0 Å². The summed E-state index contributed by atoms with van der Waals surface area (Å²) in [6.45, 7) is 0.996. The van der Waals surface area contributed by atoms with Crippen LogP contribution >= 0.6 is 0 Å². The van der Waals surface area contributed by atoms with Crippen LogP contribution in [0.4, 0.5) is 4.39 Å². The van der Waals surface area contributed by atoms with Crippen molar-refractivity contribution in [2.75, 3.05) is 13.1 Å². The first-order chi connectivity index (χ1) is 7.71. The Morgan fingerprint density at radius 3 is 2.06 bits per heavy atom. The molecule has 1 aliphatic heterocycles. The quantitative estimate of drug-likeness (QED) is 0.580. The average Bonchev–Trinajstić information content (AvgIpc) is 2.26. The number of hydrogen-bond acceptors (Lipinski definition) is 4. The fraction of sp³-hybridized carbons (Fsp3) is 0.778. The standard InChI is InChI=1S/C9H14FNO5S/c1-7(12)9(10,17(14,15)16)8(13)11-5-3-2-4-6-11/h2-6H2,1H3,(H,14,15,16). The van der Waals surface area contributed by atoms with E-state index in [1.807, 2.05) is 0 Å². The maximum Gasteiger partial charge on any atom is 0.368 e. The van der Waals surface area contributed by atoms with Crippen LogP contribution < -0.4 is 0 Å². The van der Waals surface area contributed by atoms with Crippen molar-refractivity contribution >= 4 is 21.8 Å². The van der Waals surface area contributed by atoms with Gasteiger partial charge in [-0.1, -0.05) is 0 Å². The zero-order valence-electron chi connectivity index (χ0n) is 9.35. The van der Waals surface area contributed by atoms with Gasteiger partial charge in [-0.15, -0.1) is 0 Å². The van der Waals surface area contributed by atoms with E-state index in [0.717, 1.165) is 11.3 Å². The molecule has 0 bridgehead atoms. The SMILES string of the molecule is CC(=O)C(F)(C(=O)N1CCCCC1)S(=O)(=O)O. The minimum atomic E-state index is -5.42. The lowest BCUT2D eigenvalue weighted by atomic mass is 10.1. The Morgan fingerprint density at radius 2 is 1.71 bits per heavy atom. The lowest BCUT2D eigenvalue weighted by Gasteiger charge is -2.30. The molecule has 0 aromatic heterocycles. The summed E-state index contributed by atoms with van der Waals surface area (Å²) in [6, 6.07) is 0. The maximum absolute atomic E-state index is 14.0. The minimum Gasteiger partial charge on any atom is -0.338 e. The van der Waals surface area contributed by atoms with E-state index in [9.17, 15) is 22.4 Å². The Labute approximate surface area is 98.5 Å². The third-order valence-electron chi connectivity index (χ3n) is 2.73.